The fraction of sp³-hybridized carbons (Fsp3) is 0.227. The minimum absolute atomic E-state index is 0.308. The molecule has 1 N–H and O–H groups in total. The van der Waals surface area contributed by atoms with E-state index in [0.717, 1.165) is 17.0 Å². The molecule has 6 heteroatoms. The minimum Gasteiger partial charge on any atom is -0.451 e. The van der Waals surface area contributed by atoms with Crippen LogP contribution in [0.5, 0.6) is 0 Å². The number of carbonyl (C=O) groups is 2. The average Bonchev–Trinajstić information content (AvgIpc) is 3.10. The monoisotopic (exact) mass is 394 g/mol. The van der Waals surface area contributed by atoms with E-state index in [-0.39, 0.29) is 12.5 Å². The molecular formula is C22H22N2O3S. The number of nitrogens with one attached hydrogen (secondary N) is 1. The Morgan fingerprint density at radius 2 is 1.75 bits per heavy atom. The number of amides is 1. The number of hydrogen-bond acceptors (Lipinski definition) is 5. The quantitative estimate of drug-likeness (QED) is 0.616. The first-order chi connectivity index (χ1) is 13.5. The Bertz CT molecular complexity index is 967. The maximum Gasteiger partial charge on any atom is 0.351 e. The Kier molecular flexibility index (Phi) is 6.55. The largest absolute Gasteiger partial charge is 0.451 e. The van der Waals surface area contributed by atoms with E-state index in [1.54, 1.807) is 0 Å². The Hall–Kier alpha value is -2.99. The Morgan fingerprint density at radius 1 is 1.04 bits per heavy atom. The summed E-state index contributed by atoms with van der Waals surface area (Å²) >= 11 is 1.27. The number of hydrogen-bond donors (Lipinski definition) is 1. The second kappa shape index (κ2) is 9.28. The molecule has 28 heavy (non-hydrogen) atoms. The van der Waals surface area contributed by atoms with Crippen molar-refractivity contribution in [3.63, 3.8) is 0 Å². The van der Waals surface area contributed by atoms with Gasteiger partial charge in [-0.3, -0.25) is 4.79 Å². The summed E-state index contributed by atoms with van der Waals surface area (Å²) < 4.78 is 5.21. The predicted octanol–water partition coefficient (Wildman–Crippen LogP) is 3.94. The van der Waals surface area contributed by atoms with Crippen molar-refractivity contribution in [2.45, 2.75) is 20.3 Å². The van der Waals surface area contributed by atoms with Gasteiger partial charge in [-0.2, -0.15) is 0 Å². The van der Waals surface area contributed by atoms with Gasteiger partial charge < -0.3 is 10.1 Å². The molecule has 144 valence electrons. The van der Waals surface area contributed by atoms with E-state index in [4.69, 9.17) is 4.74 Å². The molecule has 0 aliphatic rings. The van der Waals surface area contributed by atoms with Crippen LogP contribution in [0.2, 0.25) is 0 Å². The average molecular weight is 394 g/mol. The lowest BCUT2D eigenvalue weighted by Gasteiger charge is -2.08. The highest BCUT2D eigenvalue weighted by atomic mass is 32.1. The van der Waals surface area contributed by atoms with Crippen molar-refractivity contribution in [3.8, 4) is 11.3 Å². The molecule has 3 aromatic rings. The highest BCUT2D eigenvalue weighted by Crippen LogP contribution is 2.28. The molecule has 0 saturated carbocycles. The van der Waals surface area contributed by atoms with Crippen molar-refractivity contribution in [2.24, 2.45) is 0 Å². The summed E-state index contributed by atoms with van der Waals surface area (Å²) in [6.45, 7) is 4.07. The van der Waals surface area contributed by atoms with E-state index in [1.165, 1.54) is 22.5 Å². The number of benzene rings is 2. The highest BCUT2D eigenvalue weighted by molar-refractivity contribution is 7.14. The molecule has 0 saturated heterocycles. The van der Waals surface area contributed by atoms with Crippen molar-refractivity contribution in [1.82, 2.24) is 10.3 Å². The molecule has 0 fully saturated rings. The molecule has 5 nitrogen and oxygen atoms in total. The van der Waals surface area contributed by atoms with Gasteiger partial charge >= 0.3 is 5.97 Å². The van der Waals surface area contributed by atoms with Crippen LogP contribution in [-0.4, -0.2) is 30.0 Å². The summed E-state index contributed by atoms with van der Waals surface area (Å²) in [6, 6.07) is 17.5. The van der Waals surface area contributed by atoms with Crippen LogP contribution in [0.3, 0.4) is 0 Å². The molecule has 0 atom stereocenters. The van der Waals surface area contributed by atoms with Gasteiger partial charge in [0.05, 0.1) is 10.7 Å². The maximum absolute atomic E-state index is 12.5. The molecule has 0 spiro atoms. The van der Waals surface area contributed by atoms with Gasteiger partial charge in [0.1, 0.15) is 4.88 Å². The lowest BCUT2D eigenvalue weighted by molar-refractivity contribution is -0.124. The zero-order valence-corrected chi connectivity index (χ0v) is 16.7. The molecule has 3 rings (SSSR count). The van der Waals surface area contributed by atoms with Crippen LogP contribution in [-0.2, 0) is 16.0 Å². The van der Waals surface area contributed by atoms with Gasteiger partial charge in [-0.15, -0.1) is 11.3 Å². The topological polar surface area (TPSA) is 68.3 Å². The molecule has 1 amide bonds. The van der Waals surface area contributed by atoms with Crippen molar-refractivity contribution >= 4 is 23.2 Å². The summed E-state index contributed by atoms with van der Waals surface area (Å²) in [5.74, 6) is -0.845. The molecule has 2 aromatic carbocycles. The number of ether oxygens (including phenoxy) is 1. The van der Waals surface area contributed by atoms with Crippen LogP contribution in [0.15, 0.2) is 54.6 Å². The van der Waals surface area contributed by atoms with E-state index < -0.39 is 5.97 Å². The molecular weight excluding hydrogens is 372 g/mol. The summed E-state index contributed by atoms with van der Waals surface area (Å²) in [4.78, 5) is 29.3. The van der Waals surface area contributed by atoms with E-state index >= 15 is 0 Å². The first-order valence-electron chi connectivity index (χ1n) is 9.06. The van der Waals surface area contributed by atoms with Gasteiger partial charge in [0.2, 0.25) is 0 Å². The molecule has 0 bridgehead atoms. The second-order valence-corrected chi connectivity index (χ2v) is 7.58. The van der Waals surface area contributed by atoms with Crippen LogP contribution in [0.25, 0.3) is 11.3 Å². The SMILES string of the molecule is Cc1nc(-c2ccccc2)c(C(=O)OCC(=O)NCCc2ccccc2C)s1. The number of rotatable bonds is 7. The van der Waals surface area contributed by atoms with Crippen LogP contribution < -0.4 is 5.32 Å². The maximum atomic E-state index is 12.5. The van der Waals surface area contributed by atoms with Gasteiger partial charge in [-0.1, -0.05) is 54.6 Å². The standard InChI is InChI=1S/C22H22N2O3S/c1-15-8-6-7-9-17(15)12-13-23-19(25)14-27-22(26)21-20(24-16(2)28-21)18-10-4-3-5-11-18/h3-11H,12-14H2,1-2H3,(H,23,25). The van der Waals surface area contributed by atoms with E-state index in [2.05, 4.69) is 10.3 Å². The van der Waals surface area contributed by atoms with Crippen LogP contribution >= 0.6 is 11.3 Å². The first kappa shape index (κ1) is 19.8. The van der Waals surface area contributed by atoms with Gasteiger partial charge in [0, 0.05) is 12.1 Å². The third-order valence-electron chi connectivity index (χ3n) is 4.28. The molecule has 0 radical (unpaired) electrons. The van der Waals surface area contributed by atoms with Crippen molar-refractivity contribution in [1.29, 1.82) is 0 Å². The van der Waals surface area contributed by atoms with E-state index in [0.29, 0.717) is 17.1 Å². The van der Waals surface area contributed by atoms with E-state index in [1.807, 2.05) is 68.4 Å². The summed E-state index contributed by atoms with van der Waals surface area (Å²) in [7, 11) is 0. The molecule has 0 aliphatic carbocycles. The molecule has 0 unspecified atom stereocenters. The fourth-order valence-electron chi connectivity index (χ4n) is 2.83. The zero-order chi connectivity index (χ0) is 19.9. The Balaban J connectivity index is 1.53. The molecule has 0 aliphatic heterocycles. The van der Waals surface area contributed by atoms with Gasteiger partial charge in [-0.05, 0) is 31.4 Å². The van der Waals surface area contributed by atoms with Crippen LogP contribution in [0.1, 0.15) is 25.8 Å². The highest BCUT2D eigenvalue weighted by Gasteiger charge is 2.20. The predicted molar refractivity (Wildman–Crippen MR) is 110 cm³/mol. The number of carbonyl (C=O) groups excluding carboxylic acids is 2. The Morgan fingerprint density at radius 3 is 2.50 bits per heavy atom. The lowest BCUT2D eigenvalue weighted by atomic mass is 10.1. The third-order valence-corrected chi connectivity index (χ3v) is 5.23. The van der Waals surface area contributed by atoms with Gasteiger partial charge in [0.25, 0.3) is 5.91 Å². The Labute approximate surface area is 168 Å². The number of thiazole rings is 1. The molecule has 1 heterocycles. The number of aromatic nitrogens is 1. The third kappa shape index (κ3) is 5.04. The van der Waals surface area contributed by atoms with Gasteiger partial charge in [0.15, 0.2) is 6.61 Å². The zero-order valence-electron chi connectivity index (χ0n) is 15.9. The number of nitrogens with zero attached hydrogens (tertiary/aromatic N) is 1. The normalized spacial score (nSPS) is 10.5. The summed E-state index contributed by atoms with van der Waals surface area (Å²) in [5, 5.41) is 3.56. The van der Waals surface area contributed by atoms with Crippen molar-refractivity contribution < 1.29 is 14.3 Å². The van der Waals surface area contributed by atoms with E-state index in [9.17, 15) is 9.59 Å². The second-order valence-electron chi connectivity index (χ2n) is 6.38. The summed E-state index contributed by atoms with van der Waals surface area (Å²) in [6.07, 6.45) is 0.735. The fourth-order valence-corrected chi connectivity index (χ4v) is 3.67. The smallest absolute Gasteiger partial charge is 0.351 e. The van der Waals surface area contributed by atoms with Crippen molar-refractivity contribution in [2.75, 3.05) is 13.2 Å². The number of aryl methyl sites for hydroxylation is 2. The number of esters is 1. The lowest BCUT2D eigenvalue weighted by Crippen LogP contribution is -2.30. The van der Waals surface area contributed by atoms with Crippen LogP contribution in [0.4, 0.5) is 0 Å². The van der Waals surface area contributed by atoms with Crippen molar-refractivity contribution in [3.05, 3.63) is 75.6 Å². The van der Waals surface area contributed by atoms with Gasteiger partial charge in [-0.25, -0.2) is 9.78 Å². The summed E-state index contributed by atoms with van der Waals surface area (Å²) in [5.41, 5.74) is 3.82. The minimum atomic E-state index is -0.529. The molecule has 1 aromatic heterocycles. The first-order valence-corrected chi connectivity index (χ1v) is 9.87. The van der Waals surface area contributed by atoms with Crippen LogP contribution in [0, 0.1) is 13.8 Å².